The van der Waals surface area contributed by atoms with Gasteiger partial charge in [-0.3, -0.25) is 9.59 Å². The molecule has 116 valence electrons. The zero-order valence-electron chi connectivity index (χ0n) is 11.7. The Hall–Kier alpha value is -1.54. The summed E-state index contributed by atoms with van der Waals surface area (Å²) in [6.45, 7) is 3.18. The molecule has 0 aromatic rings. The van der Waals surface area contributed by atoms with E-state index in [1.54, 1.807) is 13.8 Å². The van der Waals surface area contributed by atoms with Crippen LogP contribution < -0.4 is 11.1 Å². The lowest BCUT2D eigenvalue weighted by atomic mass is 10.0. The summed E-state index contributed by atoms with van der Waals surface area (Å²) >= 11 is 0. The third-order valence-corrected chi connectivity index (χ3v) is 2.80. The molecule has 0 aromatic carbocycles. The molecule has 1 fully saturated rings. The highest BCUT2D eigenvalue weighted by atomic mass is 35.5. The van der Waals surface area contributed by atoms with Crippen LogP contribution in [0.2, 0.25) is 0 Å². The van der Waals surface area contributed by atoms with Crippen molar-refractivity contribution >= 4 is 30.4 Å². The molecule has 0 aromatic heterocycles. The Labute approximate surface area is 123 Å². The summed E-state index contributed by atoms with van der Waals surface area (Å²) in [6.07, 6.45) is -1.09. The van der Waals surface area contributed by atoms with Crippen LogP contribution in [0.25, 0.3) is 0 Å². The Morgan fingerprint density at radius 2 is 2.15 bits per heavy atom. The summed E-state index contributed by atoms with van der Waals surface area (Å²) < 4.78 is 10.2. The van der Waals surface area contributed by atoms with E-state index >= 15 is 0 Å². The van der Waals surface area contributed by atoms with Crippen molar-refractivity contribution in [3.05, 3.63) is 0 Å². The SMILES string of the molecule is CN(CC(=O)OC(C)(C)[C@@H]1CNC(=O)O1)C(=O)CN.Cl. The monoisotopic (exact) mass is 309 g/mol. The summed E-state index contributed by atoms with van der Waals surface area (Å²) in [5.74, 6) is -0.944. The van der Waals surface area contributed by atoms with Crippen LogP contribution in [0.15, 0.2) is 0 Å². The van der Waals surface area contributed by atoms with Gasteiger partial charge in [0.05, 0.1) is 13.1 Å². The van der Waals surface area contributed by atoms with E-state index in [9.17, 15) is 14.4 Å². The van der Waals surface area contributed by atoms with E-state index in [-0.39, 0.29) is 37.9 Å². The van der Waals surface area contributed by atoms with Crippen LogP contribution in [-0.2, 0) is 19.1 Å². The maximum atomic E-state index is 11.7. The number of cyclic esters (lactones) is 1. The van der Waals surface area contributed by atoms with E-state index in [0.717, 1.165) is 0 Å². The number of hydrogen-bond acceptors (Lipinski definition) is 6. The highest BCUT2D eigenvalue weighted by molar-refractivity contribution is 5.85. The molecule has 1 rings (SSSR count). The van der Waals surface area contributed by atoms with E-state index in [1.807, 2.05) is 0 Å². The fourth-order valence-electron chi connectivity index (χ4n) is 1.61. The van der Waals surface area contributed by atoms with Gasteiger partial charge in [-0.25, -0.2) is 4.79 Å². The van der Waals surface area contributed by atoms with E-state index < -0.39 is 23.8 Å². The van der Waals surface area contributed by atoms with Gasteiger partial charge in [0.25, 0.3) is 0 Å². The number of nitrogens with zero attached hydrogens (tertiary/aromatic N) is 1. The standard InChI is InChI=1S/C11H19N3O5.ClH/c1-11(2,7-5-13-10(17)18-7)19-9(16)6-14(3)8(15)4-12;/h7H,4-6,12H2,1-3H3,(H,13,17);1H/t7-;/m0./s1. The topological polar surface area (TPSA) is 111 Å². The lowest BCUT2D eigenvalue weighted by Crippen LogP contribution is -2.46. The molecule has 9 heteroatoms. The summed E-state index contributed by atoms with van der Waals surface area (Å²) in [5.41, 5.74) is 4.21. The molecule has 1 atom stereocenters. The number of carbonyl (C=O) groups excluding carboxylic acids is 3. The van der Waals surface area contributed by atoms with E-state index in [1.165, 1.54) is 11.9 Å². The van der Waals surface area contributed by atoms with Crippen molar-refractivity contribution in [2.75, 3.05) is 26.7 Å². The minimum Gasteiger partial charge on any atom is -0.454 e. The van der Waals surface area contributed by atoms with E-state index in [2.05, 4.69) is 5.32 Å². The number of ether oxygens (including phenoxy) is 2. The number of nitrogens with one attached hydrogen (secondary N) is 1. The summed E-state index contributed by atoms with van der Waals surface area (Å²) in [4.78, 5) is 35.1. The number of esters is 1. The summed E-state index contributed by atoms with van der Waals surface area (Å²) in [6, 6.07) is 0. The molecule has 1 aliphatic heterocycles. The van der Waals surface area contributed by atoms with Gasteiger partial charge >= 0.3 is 12.1 Å². The smallest absolute Gasteiger partial charge is 0.407 e. The minimum absolute atomic E-state index is 0. The van der Waals surface area contributed by atoms with Gasteiger partial charge in [-0.15, -0.1) is 12.4 Å². The van der Waals surface area contributed by atoms with Gasteiger partial charge in [-0.05, 0) is 13.8 Å². The van der Waals surface area contributed by atoms with E-state index in [4.69, 9.17) is 15.2 Å². The summed E-state index contributed by atoms with van der Waals surface area (Å²) in [7, 11) is 1.46. The molecule has 0 radical (unpaired) electrons. The Kier molecular flexibility index (Phi) is 6.74. The van der Waals surface area contributed by atoms with Crippen LogP contribution in [0.4, 0.5) is 4.79 Å². The maximum absolute atomic E-state index is 11.7. The molecule has 1 aliphatic rings. The molecular weight excluding hydrogens is 290 g/mol. The van der Waals surface area contributed by atoms with Crippen molar-refractivity contribution in [2.24, 2.45) is 5.73 Å². The lowest BCUT2D eigenvalue weighted by molar-refractivity contribution is -0.167. The number of likely N-dealkylation sites (N-methyl/N-ethyl adjacent to an activating group) is 1. The first-order valence-corrected chi connectivity index (χ1v) is 5.86. The largest absolute Gasteiger partial charge is 0.454 e. The van der Waals surface area contributed by atoms with Crippen molar-refractivity contribution < 1.29 is 23.9 Å². The molecule has 0 unspecified atom stereocenters. The molecule has 20 heavy (non-hydrogen) atoms. The highest BCUT2D eigenvalue weighted by Gasteiger charge is 2.40. The molecule has 0 spiro atoms. The fraction of sp³-hybridized carbons (Fsp3) is 0.727. The number of halogens is 1. The Balaban J connectivity index is 0.00000361. The first-order chi connectivity index (χ1) is 8.76. The average molecular weight is 310 g/mol. The Morgan fingerprint density at radius 3 is 2.60 bits per heavy atom. The third kappa shape index (κ3) is 4.86. The van der Waals surface area contributed by atoms with Gasteiger partial charge in [-0.1, -0.05) is 0 Å². The van der Waals surface area contributed by atoms with Crippen molar-refractivity contribution in [3.63, 3.8) is 0 Å². The summed E-state index contributed by atoms with van der Waals surface area (Å²) in [5, 5.41) is 2.48. The van der Waals surface area contributed by atoms with Gasteiger partial charge in [-0.2, -0.15) is 0 Å². The number of nitrogens with two attached hydrogens (primary N) is 1. The van der Waals surface area contributed by atoms with E-state index in [0.29, 0.717) is 0 Å². The zero-order valence-corrected chi connectivity index (χ0v) is 12.5. The van der Waals surface area contributed by atoms with Crippen LogP contribution in [0, 0.1) is 0 Å². The molecule has 2 amide bonds. The van der Waals surface area contributed by atoms with Crippen LogP contribution in [0.3, 0.4) is 0 Å². The number of amides is 2. The van der Waals surface area contributed by atoms with Crippen LogP contribution in [0.1, 0.15) is 13.8 Å². The lowest BCUT2D eigenvalue weighted by Gasteiger charge is -2.30. The maximum Gasteiger partial charge on any atom is 0.407 e. The molecule has 3 N–H and O–H groups in total. The first-order valence-electron chi connectivity index (χ1n) is 5.86. The average Bonchev–Trinajstić information content (AvgIpc) is 2.74. The molecular formula is C11H20ClN3O5. The highest BCUT2D eigenvalue weighted by Crippen LogP contribution is 2.21. The predicted octanol–water partition coefficient (Wildman–Crippen LogP) is -0.744. The number of alkyl carbamates (subject to hydrolysis) is 1. The minimum atomic E-state index is -0.969. The molecule has 1 heterocycles. The predicted molar refractivity (Wildman–Crippen MR) is 72.4 cm³/mol. The quantitative estimate of drug-likeness (QED) is 0.647. The second kappa shape index (κ2) is 7.30. The number of carbonyl (C=O) groups is 3. The van der Waals surface area contributed by atoms with Crippen molar-refractivity contribution in [1.82, 2.24) is 10.2 Å². The number of rotatable bonds is 5. The Bertz CT molecular complexity index is 388. The van der Waals surface area contributed by atoms with Gasteiger partial charge in [0.1, 0.15) is 12.1 Å². The fourth-order valence-corrected chi connectivity index (χ4v) is 1.61. The molecule has 0 aliphatic carbocycles. The van der Waals surface area contributed by atoms with Gasteiger partial charge in [0.2, 0.25) is 5.91 Å². The Morgan fingerprint density at radius 1 is 1.55 bits per heavy atom. The number of hydrogen-bond donors (Lipinski definition) is 2. The third-order valence-electron chi connectivity index (χ3n) is 2.80. The van der Waals surface area contributed by atoms with Crippen molar-refractivity contribution in [3.8, 4) is 0 Å². The first kappa shape index (κ1) is 18.5. The van der Waals surface area contributed by atoms with Gasteiger partial charge in [0, 0.05) is 7.05 Å². The van der Waals surface area contributed by atoms with Gasteiger partial charge < -0.3 is 25.4 Å². The van der Waals surface area contributed by atoms with Crippen LogP contribution in [-0.4, -0.2) is 61.3 Å². The second-order valence-corrected chi connectivity index (χ2v) is 4.81. The normalized spacial score (nSPS) is 17.6. The molecule has 0 bridgehead atoms. The van der Waals surface area contributed by atoms with Crippen LogP contribution in [0.5, 0.6) is 0 Å². The second-order valence-electron chi connectivity index (χ2n) is 4.81. The zero-order chi connectivity index (χ0) is 14.6. The van der Waals surface area contributed by atoms with Crippen molar-refractivity contribution in [2.45, 2.75) is 25.6 Å². The molecule has 8 nitrogen and oxygen atoms in total. The molecule has 0 saturated carbocycles. The molecule has 1 saturated heterocycles. The van der Waals surface area contributed by atoms with Crippen molar-refractivity contribution in [1.29, 1.82) is 0 Å². The van der Waals surface area contributed by atoms with Gasteiger partial charge in [0.15, 0.2) is 6.10 Å². The van der Waals surface area contributed by atoms with Crippen LogP contribution >= 0.6 is 12.4 Å².